The molecule has 0 radical (unpaired) electrons. The molecule has 0 bridgehead atoms. The number of nitrogen functional groups attached to an aromatic ring is 1. The zero-order valence-electron chi connectivity index (χ0n) is 14.3. The normalized spacial score (nSPS) is 17.1. The minimum Gasteiger partial charge on any atom is -0.460 e. The van der Waals surface area contributed by atoms with Gasteiger partial charge in [-0.25, -0.2) is 4.98 Å². The Bertz CT molecular complexity index is 744. The molecule has 0 saturated carbocycles. The second kappa shape index (κ2) is 9.23. The van der Waals surface area contributed by atoms with Crippen molar-refractivity contribution in [3.05, 3.63) is 46.6 Å². The van der Waals surface area contributed by atoms with E-state index in [1.54, 1.807) is 18.0 Å². The van der Waals surface area contributed by atoms with Gasteiger partial charge in [-0.3, -0.25) is 4.79 Å². The third-order valence-electron chi connectivity index (χ3n) is 4.06. The predicted octanol–water partition coefficient (Wildman–Crippen LogP) is 3.27. The van der Waals surface area contributed by atoms with Crippen LogP contribution in [0.3, 0.4) is 0 Å². The van der Waals surface area contributed by atoms with Gasteiger partial charge in [-0.15, -0.1) is 11.8 Å². The van der Waals surface area contributed by atoms with Crippen LogP contribution in [0.25, 0.3) is 0 Å². The molecule has 1 aliphatic heterocycles. The number of rotatable bonds is 6. The molecule has 2 heterocycles. The SMILES string of the molecule is Nc1nccc(N2CCCC(OC(=O)CSCc3ccc(Br)cc3)C2)n1. The number of thioether (sulfide) groups is 1. The molecule has 1 aromatic carbocycles. The molecule has 2 N–H and O–H groups in total. The molecule has 3 rings (SSSR count). The van der Waals surface area contributed by atoms with Crippen LogP contribution in [-0.2, 0) is 15.3 Å². The molecule has 26 heavy (non-hydrogen) atoms. The number of hydrogen-bond acceptors (Lipinski definition) is 7. The van der Waals surface area contributed by atoms with Gasteiger partial charge in [0.25, 0.3) is 0 Å². The van der Waals surface area contributed by atoms with Crippen LogP contribution in [0.4, 0.5) is 11.8 Å². The van der Waals surface area contributed by atoms with Crippen molar-refractivity contribution in [2.24, 2.45) is 0 Å². The average Bonchev–Trinajstić information content (AvgIpc) is 2.64. The van der Waals surface area contributed by atoms with Gasteiger partial charge in [0, 0.05) is 23.0 Å². The number of hydrogen-bond donors (Lipinski definition) is 1. The molecular weight excluding hydrogens is 416 g/mol. The number of benzene rings is 1. The summed E-state index contributed by atoms with van der Waals surface area (Å²) in [6.07, 6.45) is 3.36. The summed E-state index contributed by atoms with van der Waals surface area (Å²) in [7, 11) is 0. The summed E-state index contributed by atoms with van der Waals surface area (Å²) in [5.74, 6) is 2.02. The molecular formula is C18H21BrN4O2S. The first-order chi connectivity index (χ1) is 12.6. The van der Waals surface area contributed by atoms with Gasteiger partial charge < -0.3 is 15.4 Å². The first-order valence-electron chi connectivity index (χ1n) is 8.45. The highest BCUT2D eigenvalue weighted by Gasteiger charge is 2.24. The Morgan fingerprint density at radius 2 is 2.15 bits per heavy atom. The first-order valence-corrected chi connectivity index (χ1v) is 10.4. The Balaban J connectivity index is 1.44. The van der Waals surface area contributed by atoms with Crippen LogP contribution >= 0.6 is 27.7 Å². The van der Waals surface area contributed by atoms with Crippen molar-refractivity contribution in [2.75, 3.05) is 29.5 Å². The van der Waals surface area contributed by atoms with E-state index in [0.29, 0.717) is 12.3 Å². The number of carbonyl (C=O) groups is 1. The molecule has 1 saturated heterocycles. The molecule has 0 aliphatic carbocycles. The lowest BCUT2D eigenvalue weighted by atomic mass is 10.1. The van der Waals surface area contributed by atoms with Gasteiger partial charge in [0.2, 0.25) is 5.95 Å². The van der Waals surface area contributed by atoms with E-state index in [0.717, 1.165) is 35.4 Å². The summed E-state index contributed by atoms with van der Waals surface area (Å²) in [6, 6.07) is 9.94. The molecule has 6 nitrogen and oxygen atoms in total. The van der Waals surface area contributed by atoms with E-state index in [1.165, 1.54) is 5.56 Å². The minimum absolute atomic E-state index is 0.110. The van der Waals surface area contributed by atoms with Gasteiger partial charge in [-0.2, -0.15) is 4.98 Å². The van der Waals surface area contributed by atoms with Crippen molar-refractivity contribution in [1.29, 1.82) is 0 Å². The number of anilines is 2. The smallest absolute Gasteiger partial charge is 0.316 e. The second-order valence-corrected chi connectivity index (χ2v) is 7.99. The topological polar surface area (TPSA) is 81.3 Å². The van der Waals surface area contributed by atoms with Gasteiger partial charge in [-0.1, -0.05) is 28.1 Å². The van der Waals surface area contributed by atoms with Crippen LogP contribution in [0.15, 0.2) is 41.0 Å². The van der Waals surface area contributed by atoms with Crippen LogP contribution in [0.2, 0.25) is 0 Å². The van der Waals surface area contributed by atoms with Gasteiger partial charge >= 0.3 is 5.97 Å². The maximum absolute atomic E-state index is 12.1. The standard InChI is InChI=1S/C18H21BrN4O2S/c19-14-5-3-13(4-6-14)11-26-12-17(24)25-15-2-1-9-23(10-15)16-7-8-21-18(20)22-16/h3-8,15H,1-2,9-12H2,(H2,20,21,22). The monoisotopic (exact) mass is 436 g/mol. The van der Waals surface area contributed by atoms with Gasteiger partial charge in [0.1, 0.15) is 11.9 Å². The molecule has 1 aromatic heterocycles. The Morgan fingerprint density at radius 1 is 1.35 bits per heavy atom. The third-order valence-corrected chi connectivity index (χ3v) is 5.57. The highest BCUT2D eigenvalue weighted by atomic mass is 79.9. The quantitative estimate of drug-likeness (QED) is 0.695. The lowest BCUT2D eigenvalue weighted by Gasteiger charge is -2.33. The summed E-state index contributed by atoms with van der Waals surface area (Å²) in [5, 5.41) is 0. The van der Waals surface area contributed by atoms with Crippen molar-refractivity contribution >= 4 is 45.4 Å². The summed E-state index contributed by atoms with van der Waals surface area (Å²) in [6.45, 7) is 1.52. The zero-order valence-corrected chi connectivity index (χ0v) is 16.7. The van der Waals surface area contributed by atoms with Crippen LogP contribution < -0.4 is 10.6 Å². The van der Waals surface area contributed by atoms with Crippen LogP contribution in [0.1, 0.15) is 18.4 Å². The van der Waals surface area contributed by atoms with Crippen molar-refractivity contribution in [2.45, 2.75) is 24.7 Å². The molecule has 2 aromatic rings. The maximum Gasteiger partial charge on any atom is 0.316 e. The van der Waals surface area contributed by atoms with Crippen molar-refractivity contribution in [3.63, 3.8) is 0 Å². The van der Waals surface area contributed by atoms with E-state index in [4.69, 9.17) is 10.5 Å². The highest BCUT2D eigenvalue weighted by Crippen LogP contribution is 2.21. The number of carbonyl (C=O) groups excluding carboxylic acids is 1. The zero-order chi connectivity index (χ0) is 18.4. The Labute approximate surface area is 165 Å². The average molecular weight is 437 g/mol. The minimum atomic E-state index is -0.166. The summed E-state index contributed by atoms with van der Waals surface area (Å²) < 4.78 is 6.70. The van der Waals surface area contributed by atoms with Gasteiger partial charge in [-0.05, 0) is 36.6 Å². The molecule has 8 heteroatoms. The van der Waals surface area contributed by atoms with Crippen molar-refractivity contribution in [3.8, 4) is 0 Å². The molecule has 1 fully saturated rings. The fraction of sp³-hybridized carbons (Fsp3) is 0.389. The van der Waals surface area contributed by atoms with Crippen LogP contribution in [0, 0.1) is 0 Å². The van der Waals surface area contributed by atoms with E-state index < -0.39 is 0 Å². The number of esters is 1. The largest absolute Gasteiger partial charge is 0.460 e. The molecule has 1 atom stereocenters. The number of piperidine rings is 1. The molecule has 0 amide bonds. The lowest BCUT2D eigenvalue weighted by Crippen LogP contribution is -2.41. The van der Waals surface area contributed by atoms with Crippen LogP contribution in [0.5, 0.6) is 0 Å². The summed E-state index contributed by atoms with van der Waals surface area (Å²) in [4.78, 5) is 22.4. The van der Waals surface area contributed by atoms with E-state index in [1.807, 2.05) is 18.2 Å². The number of aromatic nitrogens is 2. The maximum atomic E-state index is 12.1. The molecule has 1 aliphatic rings. The Morgan fingerprint density at radius 3 is 2.92 bits per heavy atom. The Kier molecular flexibility index (Phi) is 6.73. The number of halogens is 1. The lowest BCUT2D eigenvalue weighted by molar-refractivity contribution is -0.146. The van der Waals surface area contributed by atoms with E-state index in [2.05, 4.69) is 42.9 Å². The molecule has 1 unspecified atom stereocenters. The molecule has 138 valence electrons. The highest BCUT2D eigenvalue weighted by molar-refractivity contribution is 9.10. The first kappa shape index (κ1) is 19.0. The fourth-order valence-electron chi connectivity index (χ4n) is 2.84. The van der Waals surface area contributed by atoms with E-state index in [-0.39, 0.29) is 18.0 Å². The number of nitrogens with zero attached hydrogens (tertiary/aromatic N) is 3. The third kappa shape index (κ3) is 5.60. The Hall–Kier alpha value is -1.80. The second-order valence-electron chi connectivity index (χ2n) is 6.09. The fourth-order valence-corrected chi connectivity index (χ4v) is 3.86. The van der Waals surface area contributed by atoms with Crippen molar-refractivity contribution < 1.29 is 9.53 Å². The van der Waals surface area contributed by atoms with Gasteiger partial charge in [0.15, 0.2) is 0 Å². The van der Waals surface area contributed by atoms with Crippen LogP contribution in [-0.4, -0.2) is 40.9 Å². The number of nitrogens with two attached hydrogens (primary N) is 1. The van der Waals surface area contributed by atoms with E-state index >= 15 is 0 Å². The van der Waals surface area contributed by atoms with Crippen molar-refractivity contribution in [1.82, 2.24) is 9.97 Å². The van der Waals surface area contributed by atoms with Gasteiger partial charge in [0.05, 0.1) is 12.3 Å². The summed E-state index contributed by atoms with van der Waals surface area (Å²) in [5.41, 5.74) is 6.84. The van der Waals surface area contributed by atoms with E-state index in [9.17, 15) is 4.79 Å². The number of ether oxygens (including phenoxy) is 1. The predicted molar refractivity (Wildman–Crippen MR) is 108 cm³/mol. The summed E-state index contributed by atoms with van der Waals surface area (Å²) >= 11 is 4.99. The molecule has 0 spiro atoms.